The quantitative estimate of drug-likeness (QED) is 0.390. The standard InChI is InChI=1S/C9H10O4/c1-5-3-8(12)9(4-7(5)11)13-6(2)10/h3-4,11-12H,1-2H3. The van der Waals surface area contributed by atoms with Crippen LogP contribution in [0.3, 0.4) is 0 Å². The Morgan fingerprint density at radius 3 is 2.46 bits per heavy atom. The zero-order valence-electron chi connectivity index (χ0n) is 7.37. The number of rotatable bonds is 1. The Morgan fingerprint density at radius 1 is 1.31 bits per heavy atom. The van der Waals surface area contributed by atoms with E-state index in [2.05, 4.69) is 4.74 Å². The van der Waals surface area contributed by atoms with Crippen molar-refractivity contribution in [2.45, 2.75) is 13.8 Å². The lowest BCUT2D eigenvalue weighted by atomic mass is 10.2. The molecule has 1 rings (SSSR count). The summed E-state index contributed by atoms with van der Waals surface area (Å²) in [5.41, 5.74) is 0.522. The average molecular weight is 182 g/mol. The van der Waals surface area contributed by atoms with E-state index in [0.29, 0.717) is 5.56 Å². The second-order valence-corrected chi connectivity index (χ2v) is 2.70. The molecule has 0 saturated heterocycles. The van der Waals surface area contributed by atoms with Crippen molar-refractivity contribution in [2.75, 3.05) is 0 Å². The Balaban J connectivity index is 3.08. The summed E-state index contributed by atoms with van der Waals surface area (Å²) in [5, 5.41) is 18.5. The van der Waals surface area contributed by atoms with Gasteiger partial charge in [-0.2, -0.15) is 0 Å². The van der Waals surface area contributed by atoms with Crippen molar-refractivity contribution < 1.29 is 19.7 Å². The van der Waals surface area contributed by atoms with Crippen LogP contribution in [0, 0.1) is 6.92 Å². The van der Waals surface area contributed by atoms with Gasteiger partial charge in [-0.05, 0) is 18.6 Å². The first-order valence-corrected chi connectivity index (χ1v) is 3.71. The highest BCUT2D eigenvalue weighted by Gasteiger charge is 2.08. The molecule has 0 saturated carbocycles. The van der Waals surface area contributed by atoms with Crippen molar-refractivity contribution in [3.05, 3.63) is 17.7 Å². The van der Waals surface area contributed by atoms with Crippen LogP contribution in [0.25, 0.3) is 0 Å². The molecule has 1 aromatic rings. The minimum atomic E-state index is -0.543. The summed E-state index contributed by atoms with van der Waals surface area (Å²) in [6.07, 6.45) is 0. The first-order chi connectivity index (χ1) is 6.00. The van der Waals surface area contributed by atoms with Crippen molar-refractivity contribution >= 4 is 5.97 Å². The molecule has 0 aliphatic rings. The van der Waals surface area contributed by atoms with Gasteiger partial charge in [0.25, 0.3) is 0 Å². The Bertz CT molecular complexity index is 344. The van der Waals surface area contributed by atoms with Crippen molar-refractivity contribution in [1.29, 1.82) is 0 Å². The van der Waals surface area contributed by atoms with Crippen LogP contribution in [0.5, 0.6) is 17.2 Å². The SMILES string of the molecule is CC(=O)Oc1cc(O)c(C)cc1O. The summed E-state index contributed by atoms with van der Waals surface area (Å²) in [4.78, 5) is 10.5. The van der Waals surface area contributed by atoms with Crippen LogP contribution < -0.4 is 4.74 Å². The predicted octanol–water partition coefficient (Wildman–Crippen LogP) is 1.33. The minimum Gasteiger partial charge on any atom is -0.508 e. The number of aromatic hydroxyl groups is 2. The molecule has 13 heavy (non-hydrogen) atoms. The summed E-state index contributed by atoms with van der Waals surface area (Å²) in [6, 6.07) is 2.53. The molecule has 70 valence electrons. The van der Waals surface area contributed by atoms with E-state index in [1.165, 1.54) is 19.1 Å². The van der Waals surface area contributed by atoms with Crippen LogP contribution >= 0.6 is 0 Å². The largest absolute Gasteiger partial charge is 0.508 e. The highest BCUT2D eigenvalue weighted by Crippen LogP contribution is 2.32. The fraction of sp³-hybridized carbons (Fsp3) is 0.222. The average Bonchev–Trinajstić information content (AvgIpc) is 1.99. The highest BCUT2D eigenvalue weighted by molar-refractivity contribution is 5.70. The monoisotopic (exact) mass is 182 g/mol. The van der Waals surface area contributed by atoms with Crippen molar-refractivity contribution in [1.82, 2.24) is 0 Å². The fourth-order valence-corrected chi connectivity index (χ4v) is 0.899. The molecule has 0 aliphatic carbocycles. The lowest BCUT2D eigenvalue weighted by Gasteiger charge is -2.06. The van der Waals surface area contributed by atoms with Crippen LogP contribution in [0.2, 0.25) is 0 Å². The molecule has 4 nitrogen and oxygen atoms in total. The van der Waals surface area contributed by atoms with Gasteiger partial charge in [0.15, 0.2) is 11.5 Å². The second kappa shape index (κ2) is 3.35. The Kier molecular flexibility index (Phi) is 2.41. The third kappa shape index (κ3) is 2.11. The van der Waals surface area contributed by atoms with Crippen molar-refractivity contribution in [2.24, 2.45) is 0 Å². The van der Waals surface area contributed by atoms with Crippen LogP contribution in [-0.2, 0) is 4.79 Å². The molecule has 4 heteroatoms. The van der Waals surface area contributed by atoms with Gasteiger partial charge in [-0.3, -0.25) is 4.79 Å². The van der Waals surface area contributed by atoms with Crippen molar-refractivity contribution in [3.8, 4) is 17.2 Å². The summed E-state index contributed by atoms with van der Waals surface area (Å²) in [6.45, 7) is 2.85. The fourth-order valence-electron chi connectivity index (χ4n) is 0.899. The lowest BCUT2D eigenvalue weighted by Crippen LogP contribution is -2.01. The number of carbonyl (C=O) groups is 1. The lowest BCUT2D eigenvalue weighted by molar-refractivity contribution is -0.132. The molecule has 0 spiro atoms. The van der Waals surface area contributed by atoms with E-state index in [9.17, 15) is 15.0 Å². The summed E-state index contributed by atoms with van der Waals surface area (Å²) >= 11 is 0. The van der Waals surface area contributed by atoms with Gasteiger partial charge in [-0.1, -0.05) is 0 Å². The number of carbonyl (C=O) groups excluding carboxylic acids is 1. The first kappa shape index (κ1) is 9.38. The zero-order valence-corrected chi connectivity index (χ0v) is 7.37. The van der Waals surface area contributed by atoms with E-state index in [-0.39, 0.29) is 17.2 Å². The molecule has 0 aliphatic heterocycles. The molecule has 0 fully saturated rings. The number of hydrogen-bond donors (Lipinski definition) is 2. The van der Waals surface area contributed by atoms with E-state index in [4.69, 9.17) is 0 Å². The first-order valence-electron chi connectivity index (χ1n) is 3.71. The normalized spacial score (nSPS) is 9.69. The molecule has 0 aromatic heterocycles. The summed E-state index contributed by atoms with van der Waals surface area (Å²) in [5.74, 6) is -0.756. The van der Waals surface area contributed by atoms with Crippen LogP contribution in [-0.4, -0.2) is 16.2 Å². The van der Waals surface area contributed by atoms with E-state index in [1.807, 2.05) is 0 Å². The van der Waals surface area contributed by atoms with Crippen LogP contribution in [0.4, 0.5) is 0 Å². The molecular weight excluding hydrogens is 172 g/mol. The minimum absolute atomic E-state index is 0.0194. The summed E-state index contributed by atoms with van der Waals surface area (Å²) < 4.78 is 4.63. The van der Waals surface area contributed by atoms with E-state index in [1.54, 1.807) is 6.92 Å². The van der Waals surface area contributed by atoms with E-state index < -0.39 is 5.97 Å². The van der Waals surface area contributed by atoms with Gasteiger partial charge in [0.05, 0.1) is 0 Å². The number of aryl methyl sites for hydroxylation is 1. The van der Waals surface area contributed by atoms with Crippen molar-refractivity contribution in [3.63, 3.8) is 0 Å². The third-order valence-electron chi connectivity index (χ3n) is 1.53. The second-order valence-electron chi connectivity index (χ2n) is 2.70. The number of phenolic OH excluding ortho intramolecular Hbond substituents is 2. The number of benzene rings is 1. The van der Waals surface area contributed by atoms with Gasteiger partial charge < -0.3 is 14.9 Å². The topological polar surface area (TPSA) is 66.8 Å². The molecule has 2 N–H and O–H groups in total. The van der Waals surface area contributed by atoms with E-state index >= 15 is 0 Å². The van der Waals surface area contributed by atoms with Gasteiger partial charge in [0.2, 0.25) is 0 Å². The molecule has 0 heterocycles. The smallest absolute Gasteiger partial charge is 0.308 e. The Hall–Kier alpha value is -1.71. The molecular formula is C9H10O4. The van der Waals surface area contributed by atoms with Crippen LogP contribution in [0.1, 0.15) is 12.5 Å². The highest BCUT2D eigenvalue weighted by atomic mass is 16.5. The number of esters is 1. The van der Waals surface area contributed by atoms with Gasteiger partial charge in [0, 0.05) is 13.0 Å². The zero-order chi connectivity index (χ0) is 10.0. The maximum atomic E-state index is 10.5. The molecule has 0 amide bonds. The van der Waals surface area contributed by atoms with E-state index in [0.717, 1.165) is 0 Å². The maximum Gasteiger partial charge on any atom is 0.308 e. The van der Waals surface area contributed by atoms with Gasteiger partial charge in [-0.15, -0.1) is 0 Å². The molecule has 0 atom stereocenters. The molecule has 0 unspecified atom stereocenters. The third-order valence-corrected chi connectivity index (χ3v) is 1.53. The summed E-state index contributed by atoms with van der Waals surface area (Å²) in [7, 11) is 0. The Morgan fingerprint density at radius 2 is 1.92 bits per heavy atom. The van der Waals surface area contributed by atoms with Gasteiger partial charge in [0.1, 0.15) is 5.75 Å². The Labute approximate surface area is 75.4 Å². The maximum absolute atomic E-state index is 10.5. The number of phenols is 2. The molecule has 1 aromatic carbocycles. The van der Waals surface area contributed by atoms with Gasteiger partial charge >= 0.3 is 5.97 Å². The molecule has 0 radical (unpaired) electrons. The van der Waals surface area contributed by atoms with Crippen LogP contribution in [0.15, 0.2) is 12.1 Å². The number of hydrogen-bond acceptors (Lipinski definition) is 4. The molecule has 0 bridgehead atoms. The number of ether oxygens (including phenoxy) is 1. The predicted molar refractivity (Wildman–Crippen MR) is 45.8 cm³/mol. The van der Waals surface area contributed by atoms with Gasteiger partial charge in [-0.25, -0.2) is 0 Å².